The van der Waals surface area contributed by atoms with E-state index in [1.807, 2.05) is 4.90 Å². The van der Waals surface area contributed by atoms with Gasteiger partial charge in [0, 0.05) is 50.8 Å². The zero-order chi connectivity index (χ0) is 37.9. The molecule has 2 rings (SSSR count). The van der Waals surface area contributed by atoms with Gasteiger partial charge in [0.05, 0.1) is 13.1 Å². The highest BCUT2D eigenvalue weighted by Gasteiger charge is 2.24. The van der Waals surface area contributed by atoms with Crippen LogP contribution >= 0.6 is 0 Å². The minimum atomic E-state index is -1.45. The maximum Gasteiger partial charge on any atom is 0.323 e. The molecule has 2 aromatic heterocycles. The summed E-state index contributed by atoms with van der Waals surface area (Å²) in [5.41, 5.74) is 5.89. The molecule has 3 atom stereocenters. The monoisotopic (exact) mass is 723 g/mol. The molecular weight excluding hydrogens is 678 g/mol. The van der Waals surface area contributed by atoms with Crippen molar-refractivity contribution >= 4 is 41.5 Å². The Morgan fingerprint density at radius 2 is 1.25 bits per heavy atom. The molecule has 0 radical (unpaired) electrons. The Morgan fingerprint density at radius 1 is 0.725 bits per heavy atom. The minimum Gasteiger partial charge on any atom is -0.481 e. The molecule has 282 valence electrons. The highest BCUT2D eigenvalue weighted by molar-refractivity contribution is 6.05. The highest BCUT2D eigenvalue weighted by atomic mass is 16.4. The third-order valence-corrected chi connectivity index (χ3v) is 7.63. The molecule has 0 aliphatic carbocycles. The van der Waals surface area contributed by atoms with E-state index in [-0.39, 0.29) is 78.0 Å². The smallest absolute Gasteiger partial charge is 0.323 e. The molecule has 0 saturated heterocycles. The van der Waals surface area contributed by atoms with Crippen molar-refractivity contribution in [2.45, 2.75) is 89.3 Å². The van der Waals surface area contributed by atoms with Crippen LogP contribution in [0, 0.1) is 0 Å². The SMILES string of the molecule is N[C@@H](C(=O)CCCN(Cc1nccn1CC(=O)O)Cc1nccn1CC(=O)O)C(=O)NCCCC[C@H](NCN[C@@H](CCC(=O)O)C(=O)O)C(=O)O. The first kappa shape index (κ1) is 41.9. The summed E-state index contributed by atoms with van der Waals surface area (Å²) < 4.78 is 2.90. The number of carboxylic acid groups (broad SMARTS) is 5. The van der Waals surface area contributed by atoms with E-state index >= 15 is 0 Å². The summed E-state index contributed by atoms with van der Waals surface area (Å²) in [6.07, 6.45) is 6.40. The van der Waals surface area contributed by atoms with E-state index < -0.39 is 59.7 Å². The molecule has 0 fully saturated rings. The number of Topliss-reactive ketones (excluding diaryl/α,β-unsaturated/α-hetero) is 1. The van der Waals surface area contributed by atoms with Gasteiger partial charge in [0.2, 0.25) is 5.91 Å². The number of aromatic nitrogens is 4. The molecule has 0 aromatic carbocycles. The third kappa shape index (κ3) is 15.9. The summed E-state index contributed by atoms with van der Waals surface area (Å²) in [6.45, 7) is -0.130. The van der Waals surface area contributed by atoms with E-state index in [0.29, 0.717) is 24.5 Å². The summed E-state index contributed by atoms with van der Waals surface area (Å²) in [5, 5.41) is 53.6. The van der Waals surface area contributed by atoms with Crippen LogP contribution in [0.2, 0.25) is 0 Å². The van der Waals surface area contributed by atoms with Gasteiger partial charge in [-0.15, -0.1) is 0 Å². The lowest BCUT2D eigenvalue weighted by molar-refractivity contribution is -0.141. The molecule has 21 nitrogen and oxygen atoms in total. The molecule has 1 amide bonds. The third-order valence-electron chi connectivity index (χ3n) is 7.63. The average Bonchev–Trinajstić information content (AvgIpc) is 3.67. The van der Waals surface area contributed by atoms with Gasteiger partial charge in [0.15, 0.2) is 5.78 Å². The van der Waals surface area contributed by atoms with Crippen molar-refractivity contribution in [2.24, 2.45) is 5.73 Å². The summed E-state index contributed by atoms with van der Waals surface area (Å²) in [4.78, 5) is 91.6. The number of aliphatic carboxylic acids is 5. The van der Waals surface area contributed by atoms with E-state index in [4.69, 9.17) is 10.8 Å². The second-order valence-corrected chi connectivity index (χ2v) is 11.6. The molecule has 0 aliphatic heterocycles. The fourth-order valence-corrected chi connectivity index (χ4v) is 4.95. The van der Waals surface area contributed by atoms with Crippen molar-refractivity contribution in [3.05, 3.63) is 36.4 Å². The van der Waals surface area contributed by atoms with Crippen molar-refractivity contribution in [3.63, 3.8) is 0 Å². The first-order valence-corrected chi connectivity index (χ1v) is 16.0. The number of imidazole rings is 2. The number of unbranched alkanes of at least 4 members (excludes halogenated alkanes) is 1. The summed E-state index contributed by atoms with van der Waals surface area (Å²) in [6, 6.07) is -3.67. The summed E-state index contributed by atoms with van der Waals surface area (Å²) in [5.74, 6) is -6.11. The average molecular weight is 724 g/mol. The Hall–Kier alpha value is -5.25. The van der Waals surface area contributed by atoms with Crippen LogP contribution in [0.25, 0.3) is 0 Å². The number of nitrogens with two attached hydrogens (primary N) is 1. The Kier molecular flexibility index (Phi) is 17.9. The van der Waals surface area contributed by atoms with Crippen LogP contribution in [0.3, 0.4) is 0 Å². The van der Waals surface area contributed by atoms with Gasteiger partial charge in [-0.1, -0.05) is 0 Å². The summed E-state index contributed by atoms with van der Waals surface area (Å²) >= 11 is 0. The van der Waals surface area contributed by atoms with Crippen LogP contribution in [-0.2, 0) is 59.7 Å². The number of hydrogen-bond donors (Lipinski definition) is 9. The van der Waals surface area contributed by atoms with Gasteiger partial charge >= 0.3 is 29.8 Å². The highest BCUT2D eigenvalue weighted by Crippen LogP contribution is 2.11. The molecule has 0 unspecified atom stereocenters. The zero-order valence-corrected chi connectivity index (χ0v) is 27.8. The number of carbonyl (C=O) groups excluding carboxylic acids is 2. The molecule has 0 bridgehead atoms. The van der Waals surface area contributed by atoms with Gasteiger partial charge in [-0.25, -0.2) is 9.97 Å². The van der Waals surface area contributed by atoms with E-state index in [2.05, 4.69) is 25.9 Å². The maximum atomic E-state index is 12.8. The number of nitrogens with zero attached hydrogens (tertiary/aromatic N) is 5. The Balaban J connectivity index is 1.82. The van der Waals surface area contributed by atoms with Crippen LogP contribution in [-0.4, -0.2) is 129 Å². The van der Waals surface area contributed by atoms with Crippen molar-refractivity contribution in [1.82, 2.24) is 40.0 Å². The van der Waals surface area contributed by atoms with Crippen molar-refractivity contribution in [3.8, 4) is 0 Å². The second-order valence-electron chi connectivity index (χ2n) is 11.6. The van der Waals surface area contributed by atoms with Crippen LogP contribution in [0.4, 0.5) is 0 Å². The number of carbonyl (C=O) groups is 7. The number of rotatable bonds is 28. The summed E-state index contributed by atoms with van der Waals surface area (Å²) in [7, 11) is 0. The van der Waals surface area contributed by atoms with Gasteiger partial charge in [0.1, 0.15) is 42.9 Å². The lowest BCUT2D eigenvalue weighted by Crippen LogP contribution is -2.47. The first-order chi connectivity index (χ1) is 24.2. The molecule has 2 heterocycles. The minimum absolute atomic E-state index is 0.0722. The standard InChI is InChI=1S/C30H45N9O12/c31-27(28(47)34-8-2-1-4-19(29(48)49)35-18-36-20(30(50)51)6-7-24(41)42)21(40)5-3-11-37(14-22-32-9-12-38(22)16-25(43)44)15-23-33-10-13-39(23)17-26(45)46/h9-10,12-13,19-20,27,35-36H,1-8,11,14-18,31H2,(H,34,47)(H,41,42)(H,43,44)(H,45,46)(H,48,49)(H,50,51)/t19-,20-,27-/m0/s1. The van der Waals surface area contributed by atoms with Crippen molar-refractivity contribution < 1.29 is 59.1 Å². The molecule has 0 aliphatic rings. The number of amides is 1. The Morgan fingerprint density at radius 3 is 1.75 bits per heavy atom. The fourth-order valence-electron chi connectivity index (χ4n) is 4.95. The predicted octanol–water partition coefficient (Wildman–Crippen LogP) is -1.88. The van der Waals surface area contributed by atoms with Gasteiger partial charge in [-0.3, -0.25) is 49.1 Å². The lowest BCUT2D eigenvalue weighted by Gasteiger charge is -2.22. The van der Waals surface area contributed by atoms with Crippen LogP contribution in [0.15, 0.2) is 24.8 Å². The van der Waals surface area contributed by atoms with E-state index in [0.717, 1.165) is 0 Å². The number of carboxylic acids is 5. The number of hydrogen-bond acceptors (Lipinski definition) is 13. The Labute approximate surface area is 291 Å². The van der Waals surface area contributed by atoms with Crippen LogP contribution in [0.1, 0.15) is 56.6 Å². The topological polar surface area (TPSA) is 322 Å². The van der Waals surface area contributed by atoms with Crippen molar-refractivity contribution in [1.29, 1.82) is 0 Å². The molecular formula is C30H45N9O12. The predicted molar refractivity (Wildman–Crippen MR) is 174 cm³/mol. The fraction of sp³-hybridized carbons (Fsp3) is 0.567. The Bertz CT molecular complexity index is 1440. The zero-order valence-electron chi connectivity index (χ0n) is 27.8. The number of ketones is 1. The molecule has 0 spiro atoms. The largest absolute Gasteiger partial charge is 0.481 e. The maximum absolute atomic E-state index is 12.8. The molecule has 21 heteroatoms. The quantitative estimate of drug-likeness (QED) is 0.0263. The molecule has 51 heavy (non-hydrogen) atoms. The molecule has 10 N–H and O–H groups in total. The van der Waals surface area contributed by atoms with Crippen molar-refractivity contribution in [2.75, 3.05) is 19.8 Å². The van der Waals surface area contributed by atoms with Gasteiger partial charge in [0.25, 0.3) is 0 Å². The van der Waals surface area contributed by atoms with E-state index in [1.54, 1.807) is 0 Å². The number of nitrogens with one attached hydrogen (secondary N) is 3. The van der Waals surface area contributed by atoms with E-state index in [9.17, 15) is 54.0 Å². The normalized spacial score (nSPS) is 13.0. The lowest BCUT2D eigenvalue weighted by atomic mass is 10.1. The van der Waals surface area contributed by atoms with Gasteiger partial charge in [-0.05, 0) is 38.6 Å². The van der Waals surface area contributed by atoms with Crippen LogP contribution in [0.5, 0.6) is 0 Å². The first-order valence-electron chi connectivity index (χ1n) is 16.0. The van der Waals surface area contributed by atoms with Crippen LogP contribution < -0.4 is 21.7 Å². The second kappa shape index (κ2) is 21.8. The van der Waals surface area contributed by atoms with E-state index in [1.165, 1.54) is 33.9 Å². The van der Waals surface area contributed by atoms with Gasteiger partial charge < -0.3 is 45.7 Å². The van der Waals surface area contributed by atoms with Gasteiger partial charge in [-0.2, -0.15) is 0 Å². The molecule has 2 aromatic rings. The molecule has 0 saturated carbocycles.